The predicted octanol–water partition coefficient (Wildman–Crippen LogP) is 3.95. The molecule has 0 aliphatic carbocycles. The van der Waals surface area contributed by atoms with Crippen molar-refractivity contribution in [3.8, 4) is 5.75 Å². The molecule has 2 heterocycles. The van der Waals surface area contributed by atoms with Crippen molar-refractivity contribution in [2.24, 2.45) is 0 Å². The lowest BCUT2D eigenvalue weighted by atomic mass is 10.2. The van der Waals surface area contributed by atoms with Crippen LogP contribution < -0.4 is 10.1 Å². The average Bonchev–Trinajstić information content (AvgIpc) is 3.13. The molecule has 7 nitrogen and oxygen atoms in total. The summed E-state index contributed by atoms with van der Waals surface area (Å²) in [6.07, 6.45) is 1.67. The molecule has 0 fully saturated rings. The zero-order valence-corrected chi connectivity index (χ0v) is 16.5. The van der Waals surface area contributed by atoms with Crippen LogP contribution in [0.15, 0.2) is 58.2 Å². The number of thioether (sulfide) groups is 1. The molecule has 1 N–H and O–H groups in total. The number of nitrogens with one attached hydrogen (secondary N) is 1. The third-order valence-electron chi connectivity index (χ3n) is 3.72. The number of hydrogen-bond donors (Lipinski definition) is 1. The van der Waals surface area contributed by atoms with E-state index in [1.807, 2.05) is 13.0 Å². The van der Waals surface area contributed by atoms with Gasteiger partial charge in [0.25, 0.3) is 5.91 Å². The summed E-state index contributed by atoms with van der Waals surface area (Å²) in [6, 6.07) is 12.6. The predicted molar refractivity (Wildman–Crippen MR) is 107 cm³/mol. The molecule has 0 saturated heterocycles. The Balaban J connectivity index is 1.62. The monoisotopic (exact) mass is 399 g/mol. The third-order valence-corrected chi connectivity index (χ3v) is 4.76. The van der Waals surface area contributed by atoms with Crippen LogP contribution in [0.5, 0.6) is 5.75 Å². The Labute approximate surface area is 167 Å². The van der Waals surface area contributed by atoms with E-state index in [0.29, 0.717) is 35.2 Å². The minimum atomic E-state index is -0.222. The van der Waals surface area contributed by atoms with Gasteiger partial charge in [-0.05, 0) is 43.3 Å². The Morgan fingerprint density at radius 3 is 2.75 bits per heavy atom. The van der Waals surface area contributed by atoms with Crippen molar-refractivity contribution in [2.45, 2.75) is 17.7 Å². The fraction of sp³-hybridized carbons (Fsp3) is 0.250. The number of aromatic nitrogens is 2. The molecule has 3 rings (SSSR count). The number of pyridine rings is 1. The number of aryl methyl sites for hydroxylation is 1. The molecular weight excluding hydrogens is 378 g/mol. The maximum absolute atomic E-state index is 12.7. The zero-order valence-electron chi connectivity index (χ0n) is 15.7. The van der Waals surface area contributed by atoms with Crippen molar-refractivity contribution in [1.29, 1.82) is 0 Å². The van der Waals surface area contributed by atoms with E-state index in [-0.39, 0.29) is 5.91 Å². The first-order valence-electron chi connectivity index (χ1n) is 8.69. The Kier molecular flexibility index (Phi) is 7.05. The molecule has 0 atom stereocenters. The molecule has 0 spiro atoms. The van der Waals surface area contributed by atoms with E-state index in [2.05, 4.69) is 15.5 Å². The van der Waals surface area contributed by atoms with E-state index in [1.54, 1.807) is 49.7 Å². The van der Waals surface area contributed by atoms with E-state index in [4.69, 9.17) is 14.0 Å². The highest BCUT2D eigenvalue weighted by Gasteiger charge is 2.14. The molecule has 28 heavy (non-hydrogen) atoms. The van der Waals surface area contributed by atoms with Crippen molar-refractivity contribution in [2.75, 3.05) is 25.6 Å². The van der Waals surface area contributed by atoms with Crippen LogP contribution in [0.3, 0.4) is 0 Å². The number of methoxy groups -OCH3 is 1. The lowest BCUT2D eigenvalue weighted by Gasteiger charge is -2.10. The van der Waals surface area contributed by atoms with Crippen LogP contribution in [0.1, 0.15) is 21.8 Å². The van der Waals surface area contributed by atoms with Gasteiger partial charge < -0.3 is 19.3 Å². The van der Waals surface area contributed by atoms with E-state index in [1.165, 1.54) is 11.8 Å². The molecule has 1 aromatic carbocycles. The summed E-state index contributed by atoms with van der Waals surface area (Å²) in [5.74, 6) is 1.82. The fourth-order valence-electron chi connectivity index (χ4n) is 2.38. The Morgan fingerprint density at radius 2 is 2.04 bits per heavy atom. The zero-order chi connectivity index (χ0) is 19.8. The number of carbonyl (C=O) groups excluding carboxylic acids is 1. The maximum atomic E-state index is 12.7. The summed E-state index contributed by atoms with van der Waals surface area (Å²) >= 11 is 1.44. The Morgan fingerprint density at radius 1 is 1.21 bits per heavy atom. The fourth-order valence-corrected chi connectivity index (χ4v) is 3.25. The Hall–Kier alpha value is -2.84. The van der Waals surface area contributed by atoms with Crippen LogP contribution in [0.4, 0.5) is 5.69 Å². The summed E-state index contributed by atoms with van der Waals surface area (Å²) in [6.45, 7) is 2.84. The van der Waals surface area contributed by atoms with Crippen molar-refractivity contribution < 1.29 is 18.8 Å². The first-order valence-corrected chi connectivity index (χ1v) is 9.67. The number of amides is 1. The van der Waals surface area contributed by atoms with Crippen molar-refractivity contribution in [3.63, 3.8) is 0 Å². The van der Waals surface area contributed by atoms with Crippen LogP contribution in [0.2, 0.25) is 0 Å². The molecule has 3 aromatic rings. The molecule has 0 bridgehead atoms. The third kappa shape index (κ3) is 5.58. The van der Waals surface area contributed by atoms with Crippen LogP contribution in [0, 0.1) is 6.92 Å². The molecule has 0 unspecified atom stereocenters. The molecule has 0 aliphatic heterocycles. The first kappa shape index (κ1) is 19.9. The van der Waals surface area contributed by atoms with Gasteiger partial charge in [0.1, 0.15) is 23.1 Å². The molecule has 146 valence electrons. The second-order valence-corrected chi connectivity index (χ2v) is 6.86. The summed E-state index contributed by atoms with van der Waals surface area (Å²) in [7, 11) is 1.62. The van der Waals surface area contributed by atoms with E-state index in [9.17, 15) is 4.79 Å². The molecule has 0 aliphatic rings. The number of nitrogens with zero attached hydrogens (tertiary/aromatic N) is 2. The van der Waals surface area contributed by atoms with Crippen LogP contribution in [-0.2, 0) is 10.5 Å². The molecule has 0 radical (unpaired) electrons. The largest absolute Gasteiger partial charge is 0.491 e. The molecule has 1 amide bonds. The first-order chi connectivity index (χ1) is 13.7. The van der Waals surface area contributed by atoms with Crippen LogP contribution in [-0.4, -0.2) is 36.4 Å². The van der Waals surface area contributed by atoms with Crippen molar-refractivity contribution in [3.05, 3.63) is 65.7 Å². The van der Waals surface area contributed by atoms with Gasteiger partial charge in [0.05, 0.1) is 17.9 Å². The van der Waals surface area contributed by atoms with Gasteiger partial charge >= 0.3 is 0 Å². The minimum absolute atomic E-state index is 0.222. The van der Waals surface area contributed by atoms with E-state index >= 15 is 0 Å². The number of hydrogen-bond acceptors (Lipinski definition) is 7. The van der Waals surface area contributed by atoms with Crippen molar-refractivity contribution in [1.82, 2.24) is 10.1 Å². The van der Waals surface area contributed by atoms with Crippen molar-refractivity contribution >= 4 is 23.4 Å². The SMILES string of the molecule is COCCOc1ccc(NC(=O)c2cccnc2SCc2cc(C)on2)cc1. The minimum Gasteiger partial charge on any atom is -0.491 e. The molecule has 8 heteroatoms. The van der Waals surface area contributed by atoms with Gasteiger partial charge in [-0.15, -0.1) is 0 Å². The number of benzene rings is 1. The van der Waals surface area contributed by atoms with Gasteiger partial charge in [-0.2, -0.15) is 0 Å². The summed E-state index contributed by atoms with van der Waals surface area (Å²) < 4.78 is 15.5. The van der Waals surface area contributed by atoms with Gasteiger partial charge in [0, 0.05) is 30.8 Å². The highest BCUT2D eigenvalue weighted by atomic mass is 32.2. The maximum Gasteiger partial charge on any atom is 0.258 e. The highest BCUT2D eigenvalue weighted by molar-refractivity contribution is 7.98. The quantitative estimate of drug-likeness (QED) is 0.431. The lowest BCUT2D eigenvalue weighted by Crippen LogP contribution is -2.13. The summed E-state index contributed by atoms with van der Waals surface area (Å²) in [5.41, 5.74) is 1.99. The summed E-state index contributed by atoms with van der Waals surface area (Å²) in [5, 5.41) is 7.49. The van der Waals surface area contributed by atoms with E-state index in [0.717, 1.165) is 17.2 Å². The lowest BCUT2D eigenvalue weighted by molar-refractivity contribution is 0.102. The van der Waals surface area contributed by atoms with Gasteiger partial charge in [-0.25, -0.2) is 4.98 Å². The number of carbonyl (C=O) groups is 1. The topological polar surface area (TPSA) is 86.5 Å². The molecule has 0 saturated carbocycles. The number of rotatable bonds is 9. The van der Waals surface area contributed by atoms with Crippen LogP contribution in [0.25, 0.3) is 0 Å². The van der Waals surface area contributed by atoms with Gasteiger partial charge in [-0.1, -0.05) is 16.9 Å². The smallest absolute Gasteiger partial charge is 0.258 e. The standard InChI is InChI=1S/C20H21N3O4S/c1-14-12-16(23-27-14)13-28-20-18(4-3-9-21-20)19(24)22-15-5-7-17(8-6-15)26-11-10-25-2/h3-9,12H,10-11,13H2,1-2H3,(H,22,24). The number of ether oxygens (including phenoxy) is 2. The molecule has 2 aromatic heterocycles. The van der Waals surface area contributed by atoms with Crippen LogP contribution >= 0.6 is 11.8 Å². The second kappa shape index (κ2) is 9.91. The van der Waals surface area contributed by atoms with E-state index < -0.39 is 0 Å². The van der Waals surface area contributed by atoms with Gasteiger partial charge in [-0.3, -0.25) is 4.79 Å². The van der Waals surface area contributed by atoms with Gasteiger partial charge in [0.15, 0.2) is 0 Å². The Bertz CT molecular complexity index is 912. The number of anilines is 1. The summed E-state index contributed by atoms with van der Waals surface area (Å²) in [4.78, 5) is 17.0. The second-order valence-electron chi connectivity index (χ2n) is 5.89. The van der Waals surface area contributed by atoms with Gasteiger partial charge in [0.2, 0.25) is 0 Å². The molecular formula is C20H21N3O4S. The normalized spacial score (nSPS) is 10.6. The average molecular weight is 399 g/mol. The highest BCUT2D eigenvalue weighted by Crippen LogP contribution is 2.25.